The highest BCUT2D eigenvalue weighted by Gasteiger charge is 2.36. The number of rotatable bonds is 19. The molecule has 0 aliphatic heterocycles. The van der Waals surface area contributed by atoms with Crippen LogP contribution in [0.4, 0.5) is 4.79 Å². The van der Waals surface area contributed by atoms with Gasteiger partial charge in [-0.25, -0.2) is 17.9 Å². The molecule has 0 bridgehead atoms. The summed E-state index contributed by atoms with van der Waals surface area (Å²) in [6.45, 7) is 7.00. The molecule has 0 radical (unpaired) electrons. The molecule has 3 N–H and O–H groups in total. The first kappa shape index (κ1) is 40.6. The molecule has 0 spiro atoms. The summed E-state index contributed by atoms with van der Waals surface area (Å²) in [7, 11) is -4.36. The molecule has 1 heterocycles. The van der Waals surface area contributed by atoms with E-state index >= 15 is 0 Å². The molecule has 2 unspecified atom stereocenters. The summed E-state index contributed by atoms with van der Waals surface area (Å²) < 4.78 is 40.4. The van der Waals surface area contributed by atoms with Crippen LogP contribution in [0.3, 0.4) is 0 Å². The van der Waals surface area contributed by atoms with Gasteiger partial charge in [-0.15, -0.1) is 0 Å². The van der Waals surface area contributed by atoms with Crippen molar-refractivity contribution in [3.8, 4) is 0 Å². The molecule has 3 aromatic rings. The molecule has 3 amide bonds. The molecule has 2 atom stereocenters. The molecule has 16 heteroatoms. The van der Waals surface area contributed by atoms with Gasteiger partial charge in [0.1, 0.15) is 17.0 Å². The van der Waals surface area contributed by atoms with E-state index < -0.39 is 52.8 Å². The molecule has 0 saturated carbocycles. The lowest BCUT2D eigenvalue weighted by molar-refractivity contribution is -0.163. The Morgan fingerprint density at radius 2 is 1.60 bits per heavy atom. The quantitative estimate of drug-likeness (QED) is 0.149. The number of hydrogen-bond acceptors (Lipinski definition) is 8. The van der Waals surface area contributed by atoms with Gasteiger partial charge in [0, 0.05) is 56.2 Å². The van der Waals surface area contributed by atoms with Crippen molar-refractivity contribution in [2.45, 2.75) is 70.0 Å². The van der Waals surface area contributed by atoms with Gasteiger partial charge in [0.05, 0.1) is 11.6 Å². The fraction of sp³-hybridized carbons (Fsp3) is 0.412. The van der Waals surface area contributed by atoms with E-state index in [1.165, 1.54) is 23.1 Å². The molecule has 0 fully saturated rings. The van der Waals surface area contributed by atoms with Gasteiger partial charge >= 0.3 is 6.09 Å². The molecule has 50 heavy (non-hydrogen) atoms. The third-order valence-corrected chi connectivity index (χ3v) is 9.65. The summed E-state index contributed by atoms with van der Waals surface area (Å²) in [6.07, 6.45) is 0.891. The Bertz CT molecular complexity index is 1660. The van der Waals surface area contributed by atoms with Crippen LogP contribution in [0.15, 0.2) is 78.0 Å². The Morgan fingerprint density at radius 1 is 0.940 bits per heavy atom. The molecule has 3 rings (SSSR count). The predicted molar refractivity (Wildman–Crippen MR) is 189 cm³/mol. The summed E-state index contributed by atoms with van der Waals surface area (Å²) in [5.74, 6) is -1.40. The van der Waals surface area contributed by atoms with Crippen molar-refractivity contribution in [2.24, 2.45) is 0 Å². The van der Waals surface area contributed by atoms with E-state index in [1.54, 1.807) is 82.6 Å². The highest BCUT2D eigenvalue weighted by atomic mass is 35.5. The average molecular weight is 753 g/mol. The maximum absolute atomic E-state index is 14.3. The van der Waals surface area contributed by atoms with E-state index in [-0.39, 0.29) is 40.5 Å². The van der Waals surface area contributed by atoms with Crippen molar-refractivity contribution in [3.63, 3.8) is 0 Å². The van der Waals surface area contributed by atoms with Gasteiger partial charge in [0.25, 0.3) is 0 Å². The van der Waals surface area contributed by atoms with Gasteiger partial charge in [0.15, 0.2) is 6.29 Å². The van der Waals surface area contributed by atoms with Crippen molar-refractivity contribution in [1.82, 2.24) is 24.8 Å². The number of ether oxygens (including phenoxy) is 2. The normalized spacial score (nSPS) is 12.8. The molecule has 0 aliphatic carbocycles. The Labute approximate surface area is 302 Å². The second-order valence-corrected chi connectivity index (χ2v) is 14.0. The highest BCUT2D eigenvalue weighted by molar-refractivity contribution is 7.89. The first-order valence-corrected chi connectivity index (χ1v) is 18.2. The number of carboxylic acid groups (broad SMARTS) is 1. The number of pyridine rings is 1. The maximum Gasteiger partial charge on any atom is 0.408 e. The fourth-order valence-electron chi connectivity index (χ4n) is 5.06. The Morgan fingerprint density at radius 3 is 2.16 bits per heavy atom. The van der Waals surface area contributed by atoms with Gasteiger partial charge in [-0.3, -0.25) is 19.5 Å². The molecule has 1 aromatic heterocycles. The monoisotopic (exact) mass is 751 g/mol. The SMILES string of the molecule is CCOC(CN(C(=O)C(Cc1cccnc1)NC(=O)C(CNS(=O)(=O)c1ccc(Cl)cc1Cl)N(Cc1ccccc1)C(=O)O)C(C)C)OCC. The summed E-state index contributed by atoms with van der Waals surface area (Å²) >= 11 is 12.1. The Balaban J connectivity index is 2.02. The van der Waals surface area contributed by atoms with E-state index in [9.17, 15) is 27.9 Å². The van der Waals surface area contributed by atoms with Crippen LogP contribution < -0.4 is 10.0 Å². The van der Waals surface area contributed by atoms with Crippen LogP contribution >= 0.6 is 23.2 Å². The molecule has 2 aromatic carbocycles. The minimum Gasteiger partial charge on any atom is -0.465 e. The number of carbonyl (C=O) groups excluding carboxylic acids is 2. The summed E-state index contributed by atoms with van der Waals surface area (Å²) in [4.78, 5) is 47.3. The smallest absolute Gasteiger partial charge is 0.408 e. The van der Waals surface area contributed by atoms with Crippen LogP contribution in [0.5, 0.6) is 0 Å². The van der Waals surface area contributed by atoms with E-state index in [4.69, 9.17) is 32.7 Å². The third-order valence-electron chi connectivity index (χ3n) is 7.50. The number of nitrogens with zero attached hydrogens (tertiary/aromatic N) is 3. The highest BCUT2D eigenvalue weighted by Crippen LogP contribution is 2.25. The number of halogens is 2. The lowest BCUT2D eigenvalue weighted by Crippen LogP contribution is -2.59. The number of benzene rings is 2. The standard InChI is InChI=1S/C34H43Cl2N5O8S/c1-5-48-31(49-6-2)22-40(23(3)4)33(43)28(17-25-13-10-16-37-19-25)39-32(42)29(41(34(44)45)21-24-11-8-7-9-12-24)20-38-50(46,47)30-15-14-26(35)18-27(30)36/h7-16,18-19,23,28-29,31,38H,5-6,17,20-22H2,1-4H3,(H,39,42)(H,44,45). The van der Waals surface area contributed by atoms with Crippen LogP contribution in [-0.2, 0) is 42.1 Å². The second-order valence-electron chi connectivity index (χ2n) is 11.4. The van der Waals surface area contributed by atoms with Crippen molar-refractivity contribution >= 4 is 51.1 Å². The number of nitrogens with one attached hydrogen (secondary N) is 2. The van der Waals surface area contributed by atoms with Gasteiger partial charge < -0.3 is 24.8 Å². The minimum absolute atomic E-state index is 0.000155. The summed E-state index contributed by atoms with van der Waals surface area (Å²) in [5, 5.41) is 13.1. The first-order chi connectivity index (χ1) is 23.8. The summed E-state index contributed by atoms with van der Waals surface area (Å²) in [5.41, 5.74) is 1.16. The number of sulfonamides is 1. The van der Waals surface area contributed by atoms with Crippen LogP contribution in [-0.4, -0.2) is 96.9 Å². The minimum atomic E-state index is -4.36. The largest absolute Gasteiger partial charge is 0.465 e. The average Bonchev–Trinajstić information content (AvgIpc) is 3.06. The fourth-order valence-corrected chi connectivity index (χ4v) is 6.87. The van der Waals surface area contributed by atoms with E-state index in [0.717, 1.165) is 4.90 Å². The van der Waals surface area contributed by atoms with Crippen molar-refractivity contribution in [1.29, 1.82) is 0 Å². The van der Waals surface area contributed by atoms with Gasteiger partial charge in [-0.05, 0) is 63.1 Å². The Hall–Kier alpha value is -3.79. The van der Waals surface area contributed by atoms with E-state index in [1.807, 2.05) is 0 Å². The zero-order valence-corrected chi connectivity index (χ0v) is 30.6. The lowest BCUT2D eigenvalue weighted by Gasteiger charge is -2.35. The van der Waals surface area contributed by atoms with Crippen LogP contribution in [0.25, 0.3) is 0 Å². The predicted octanol–water partition coefficient (Wildman–Crippen LogP) is 4.58. The molecule has 0 aliphatic rings. The summed E-state index contributed by atoms with van der Waals surface area (Å²) in [6, 6.07) is 12.5. The topological polar surface area (TPSA) is 167 Å². The van der Waals surface area contributed by atoms with Crippen molar-refractivity contribution in [3.05, 3.63) is 94.2 Å². The number of aromatic nitrogens is 1. The van der Waals surface area contributed by atoms with E-state index in [2.05, 4.69) is 15.0 Å². The first-order valence-electron chi connectivity index (χ1n) is 16.0. The number of hydrogen-bond donors (Lipinski definition) is 3. The van der Waals surface area contributed by atoms with Crippen LogP contribution in [0, 0.1) is 0 Å². The zero-order chi connectivity index (χ0) is 36.8. The molecule has 13 nitrogen and oxygen atoms in total. The van der Waals surface area contributed by atoms with Crippen LogP contribution in [0.1, 0.15) is 38.8 Å². The van der Waals surface area contributed by atoms with Gasteiger partial charge in [-0.1, -0.05) is 59.6 Å². The number of carbonyl (C=O) groups is 3. The second kappa shape index (κ2) is 19.6. The lowest BCUT2D eigenvalue weighted by atomic mass is 10.0. The zero-order valence-electron chi connectivity index (χ0n) is 28.3. The maximum atomic E-state index is 14.3. The number of amides is 3. The third kappa shape index (κ3) is 11.9. The molecule has 0 saturated heterocycles. The van der Waals surface area contributed by atoms with Crippen molar-refractivity contribution < 1.29 is 37.4 Å². The molecule has 272 valence electrons. The molecular weight excluding hydrogens is 709 g/mol. The van der Waals surface area contributed by atoms with Crippen LogP contribution in [0.2, 0.25) is 10.0 Å². The van der Waals surface area contributed by atoms with Crippen molar-refractivity contribution in [2.75, 3.05) is 26.3 Å². The molecular formula is C34H43Cl2N5O8S. The van der Waals surface area contributed by atoms with Gasteiger partial charge in [-0.2, -0.15) is 0 Å². The van der Waals surface area contributed by atoms with Gasteiger partial charge in [0.2, 0.25) is 21.8 Å². The van der Waals surface area contributed by atoms with E-state index in [0.29, 0.717) is 24.3 Å². The Kier molecular flexibility index (Phi) is 15.9.